The van der Waals surface area contributed by atoms with Crippen molar-refractivity contribution in [1.82, 2.24) is 0 Å². The lowest BCUT2D eigenvalue weighted by Gasteiger charge is -2.17. The number of hydrogen-bond acceptors (Lipinski definition) is 2. The van der Waals surface area contributed by atoms with Gasteiger partial charge in [0, 0.05) is 18.2 Å². The highest BCUT2D eigenvalue weighted by Gasteiger charge is 2.14. The highest BCUT2D eigenvalue weighted by molar-refractivity contribution is 5.94. The molecule has 1 N–H and O–H groups in total. The summed E-state index contributed by atoms with van der Waals surface area (Å²) in [6, 6.07) is 14.2. The minimum atomic E-state index is 0.0772. The van der Waals surface area contributed by atoms with Crippen LogP contribution in [-0.2, 0) is 17.8 Å². The smallest absolute Gasteiger partial charge is 0.224 e. The van der Waals surface area contributed by atoms with Crippen molar-refractivity contribution in [3.63, 3.8) is 0 Å². The van der Waals surface area contributed by atoms with Crippen LogP contribution in [0.5, 0.6) is 5.75 Å². The maximum atomic E-state index is 11.4. The molecule has 1 aliphatic heterocycles. The van der Waals surface area contributed by atoms with Crippen LogP contribution in [0.4, 0.5) is 5.69 Å². The topological polar surface area (TPSA) is 38.3 Å². The zero-order chi connectivity index (χ0) is 13.9. The Bertz CT molecular complexity index is 649. The Hall–Kier alpha value is -2.29. The maximum Gasteiger partial charge on any atom is 0.224 e. The minimum absolute atomic E-state index is 0.0772. The van der Waals surface area contributed by atoms with E-state index < -0.39 is 0 Å². The monoisotopic (exact) mass is 267 g/mol. The molecular weight excluding hydrogens is 250 g/mol. The molecule has 3 heteroatoms. The number of ether oxygens (including phenoxy) is 1. The Morgan fingerprint density at radius 3 is 2.90 bits per heavy atom. The van der Waals surface area contributed by atoms with Gasteiger partial charge in [0.25, 0.3) is 0 Å². The third kappa shape index (κ3) is 2.82. The first-order chi connectivity index (χ1) is 9.70. The molecule has 1 heterocycles. The number of rotatable bonds is 3. The summed E-state index contributed by atoms with van der Waals surface area (Å²) in [6.07, 6.45) is 1.37. The molecule has 2 aromatic rings. The van der Waals surface area contributed by atoms with E-state index in [1.807, 2.05) is 30.3 Å². The van der Waals surface area contributed by atoms with Crippen molar-refractivity contribution in [1.29, 1.82) is 0 Å². The quantitative estimate of drug-likeness (QED) is 0.924. The SMILES string of the molecule is Cc1cccc(COc2ccc3c(c2)NC(=O)CC3)c1. The Balaban J connectivity index is 1.72. The molecule has 1 aliphatic rings. The molecule has 0 bridgehead atoms. The van der Waals surface area contributed by atoms with E-state index in [4.69, 9.17) is 4.74 Å². The number of carbonyl (C=O) groups excluding carboxylic acids is 1. The summed E-state index contributed by atoms with van der Waals surface area (Å²) < 4.78 is 5.80. The van der Waals surface area contributed by atoms with Crippen LogP contribution in [0.15, 0.2) is 42.5 Å². The molecule has 3 nitrogen and oxygen atoms in total. The standard InChI is InChI=1S/C17H17NO2/c1-12-3-2-4-13(9-12)11-20-15-7-5-14-6-8-17(19)18-16(14)10-15/h2-5,7,9-10H,6,8,11H2,1H3,(H,18,19). The van der Waals surface area contributed by atoms with E-state index >= 15 is 0 Å². The van der Waals surface area contributed by atoms with Gasteiger partial charge >= 0.3 is 0 Å². The van der Waals surface area contributed by atoms with Gasteiger partial charge in [0.05, 0.1) is 0 Å². The molecule has 0 fully saturated rings. The minimum Gasteiger partial charge on any atom is -0.489 e. The van der Waals surface area contributed by atoms with Gasteiger partial charge in [-0.05, 0) is 30.5 Å². The van der Waals surface area contributed by atoms with Crippen LogP contribution in [0.3, 0.4) is 0 Å². The first kappa shape index (κ1) is 12.7. The number of fused-ring (bicyclic) bond motifs is 1. The van der Waals surface area contributed by atoms with E-state index in [1.165, 1.54) is 11.1 Å². The van der Waals surface area contributed by atoms with Gasteiger partial charge in [-0.3, -0.25) is 4.79 Å². The van der Waals surface area contributed by atoms with Gasteiger partial charge < -0.3 is 10.1 Å². The molecule has 1 amide bonds. The van der Waals surface area contributed by atoms with Gasteiger partial charge in [0.1, 0.15) is 12.4 Å². The average molecular weight is 267 g/mol. The van der Waals surface area contributed by atoms with Crippen molar-refractivity contribution in [3.05, 3.63) is 59.2 Å². The summed E-state index contributed by atoms with van der Waals surface area (Å²) in [6.45, 7) is 2.60. The summed E-state index contributed by atoms with van der Waals surface area (Å²) in [4.78, 5) is 11.4. The second kappa shape index (κ2) is 5.37. The van der Waals surface area contributed by atoms with Crippen LogP contribution < -0.4 is 10.1 Å². The summed E-state index contributed by atoms with van der Waals surface area (Å²) in [5, 5.41) is 2.89. The zero-order valence-corrected chi connectivity index (χ0v) is 11.5. The molecule has 102 valence electrons. The number of carbonyl (C=O) groups is 1. The molecular formula is C17H17NO2. The highest BCUT2D eigenvalue weighted by atomic mass is 16.5. The maximum absolute atomic E-state index is 11.4. The van der Waals surface area contributed by atoms with Crippen molar-refractivity contribution >= 4 is 11.6 Å². The van der Waals surface area contributed by atoms with Crippen LogP contribution in [0, 0.1) is 6.92 Å². The van der Waals surface area contributed by atoms with Crippen LogP contribution in [0.1, 0.15) is 23.1 Å². The third-order valence-electron chi connectivity index (χ3n) is 3.46. The van der Waals surface area contributed by atoms with E-state index in [1.54, 1.807) is 0 Å². The van der Waals surface area contributed by atoms with Crippen LogP contribution >= 0.6 is 0 Å². The summed E-state index contributed by atoms with van der Waals surface area (Å²) >= 11 is 0. The number of benzene rings is 2. The number of anilines is 1. The highest BCUT2D eigenvalue weighted by Crippen LogP contribution is 2.27. The summed E-state index contributed by atoms with van der Waals surface area (Å²) in [5.74, 6) is 0.862. The van der Waals surface area contributed by atoms with Crippen molar-refractivity contribution in [2.75, 3.05) is 5.32 Å². The third-order valence-corrected chi connectivity index (χ3v) is 3.46. The second-order valence-corrected chi connectivity index (χ2v) is 5.14. The van der Waals surface area contributed by atoms with E-state index in [-0.39, 0.29) is 5.91 Å². The lowest BCUT2D eigenvalue weighted by molar-refractivity contribution is -0.116. The van der Waals surface area contributed by atoms with E-state index in [9.17, 15) is 4.79 Å². The molecule has 0 saturated heterocycles. The van der Waals surface area contributed by atoms with Crippen molar-refractivity contribution in [2.45, 2.75) is 26.4 Å². The van der Waals surface area contributed by atoms with Gasteiger partial charge in [-0.15, -0.1) is 0 Å². The molecule has 20 heavy (non-hydrogen) atoms. The Morgan fingerprint density at radius 2 is 2.05 bits per heavy atom. The fraction of sp³-hybridized carbons (Fsp3) is 0.235. The molecule has 0 aliphatic carbocycles. The predicted octanol–water partition coefficient (Wildman–Crippen LogP) is 3.46. The fourth-order valence-electron chi connectivity index (χ4n) is 2.41. The van der Waals surface area contributed by atoms with Gasteiger partial charge in [-0.2, -0.15) is 0 Å². The first-order valence-electron chi connectivity index (χ1n) is 6.82. The zero-order valence-electron chi connectivity index (χ0n) is 11.5. The Morgan fingerprint density at radius 1 is 1.15 bits per heavy atom. The number of hydrogen-bond donors (Lipinski definition) is 1. The molecule has 0 spiro atoms. The molecule has 2 aromatic carbocycles. The van der Waals surface area contributed by atoms with Gasteiger partial charge in [0.2, 0.25) is 5.91 Å². The van der Waals surface area contributed by atoms with Crippen LogP contribution in [0.2, 0.25) is 0 Å². The Labute approximate surface area is 118 Å². The lowest BCUT2D eigenvalue weighted by atomic mass is 10.0. The van der Waals surface area contributed by atoms with Crippen LogP contribution in [-0.4, -0.2) is 5.91 Å². The van der Waals surface area contributed by atoms with Gasteiger partial charge in [0.15, 0.2) is 0 Å². The van der Waals surface area contributed by atoms with E-state index in [0.29, 0.717) is 13.0 Å². The molecule has 0 radical (unpaired) electrons. The number of nitrogens with one attached hydrogen (secondary N) is 1. The summed E-state index contributed by atoms with van der Waals surface area (Å²) in [5.41, 5.74) is 4.42. The lowest BCUT2D eigenvalue weighted by Crippen LogP contribution is -2.18. The molecule has 0 aromatic heterocycles. The molecule has 0 unspecified atom stereocenters. The fourth-order valence-corrected chi connectivity index (χ4v) is 2.41. The van der Waals surface area contributed by atoms with Crippen LogP contribution in [0.25, 0.3) is 0 Å². The van der Waals surface area contributed by atoms with Crippen molar-refractivity contribution < 1.29 is 9.53 Å². The number of aryl methyl sites for hydroxylation is 2. The number of amides is 1. The molecule has 0 saturated carbocycles. The summed E-state index contributed by atoms with van der Waals surface area (Å²) in [7, 11) is 0. The second-order valence-electron chi connectivity index (χ2n) is 5.14. The molecule has 3 rings (SSSR count). The normalized spacial score (nSPS) is 13.6. The largest absolute Gasteiger partial charge is 0.489 e. The van der Waals surface area contributed by atoms with E-state index in [0.717, 1.165) is 23.4 Å². The predicted molar refractivity (Wildman–Crippen MR) is 78.9 cm³/mol. The van der Waals surface area contributed by atoms with Gasteiger partial charge in [-0.25, -0.2) is 0 Å². The molecule has 0 atom stereocenters. The van der Waals surface area contributed by atoms with Gasteiger partial charge in [-0.1, -0.05) is 35.9 Å². The first-order valence-corrected chi connectivity index (χ1v) is 6.82. The van der Waals surface area contributed by atoms with Crippen molar-refractivity contribution in [2.24, 2.45) is 0 Å². The Kier molecular flexibility index (Phi) is 3.42. The average Bonchev–Trinajstić information content (AvgIpc) is 2.45. The van der Waals surface area contributed by atoms with Crippen molar-refractivity contribution in [3.8, 4) is 5.75 Å². The van der Waals surface area contributed by atoms with E-state index in [2.05, 4.69) is 24.4 Å².